The van der Waals surface area contributed by atoms with Gasteiger partial charge in [0.25, 0.3) is 5.91 Å². The summed E-state index contributed by atoms with van der Waals surface area (Å²) in [6.45, 7) is 2.34. The van der Waals surface area contributed by atoms with Gasteiger partial charge in [0.15, 0.2) is 5.69 Å². The Morgan fingerprint density at radius 2 is 1.83 bits per heavy atom. The minimum atomic E-state index is -0.0726. The van der Waals surface area contributed by atoms with E-state index in [9.17, 15) is 4.79 Å². The molecule has 1 aromatic heterocycles. The van der Waals surface area contributed by atoms with Gasteiger partial charge in [-0.1, -0.05) is 59.8 Å². The van der Waals surface area contributed by atoms with Crippen LogP contribution in [0.1, 0.15) is 33.6 Å². The average Bonchev–Trinajstić information content (AvgIpc) is 3.23. The Morgan fingerprint density at radius 1 is 1.10 bits per heavy atom. The number of nitrogens with zero attached hydrogens (tertiary/aromatic N) is 5. The summed E-state index contributed by atoms with van der Waals surface area (Å²) in [6, 6.07) is 19.3. The molecule has 1 amide bonds. The molecular weight excluding hydrogens is 374 g/mol. The van der Waals surface area contributed by atoms with Gasteiger partial charge in [0.2, 0.25) is 0 Å². The third kappa shape index (κ3) is 4.76. The maximum atomic E-state index is 12.9. The number of fused-ring (bicyclic) bond motifs is 1. The SMILES string of the molecule is CN(CC1Cc2ccccc2CN1C)C(=O)c1cn(CCCc2ccccc2)nn1. The molecule has 0 bridgehead atoms. The predicted octanol–water partition coefficient (Wildman–Crippen LogP) is 3.04. The van der Waals surface area contributed by atoms with Gasteiger partial charge < -0.3 is 4.90 Å². The topological polar surface area (TPSA) is 54.3 Å². The zero-order valence-electron chi connectivity index (χ0n) is 17.7. The number of amides is 1. The Bertz CT molecular complexity index is 984. The fourth-order valence-electron chi connectivity index (χ4n) is 4.11. The predicted molar refractivity (Wildman–Crippen MR) is 117 cm³/mol. The number of aromatic nitrogens is 3. The molecule has 2 aromatic carbocycles. The third-order valence-electron chi connectivity index (χ3n) is 5.90. The molecule has 1 aliphatic rings. The molecule has 30 heavy (non-hydrogen) atoms. The summed E-state index contributed by atoms with van der Waals surface area (Å²) < 4.78 is 1.77. The lowest BCUT2D eigenvalue weighted by Crippen LogP contribution is -2.46. The van der Waals surface area contributed by atoms with Gasteiger partial charge in [0, 0.05) is 32.7 Å². The van der Waals surface area contributed by atoms with Gasteiger partial charge in [-0.25, -0.2) is 0 Å². The van der Waals surface area contributed by atoms with E-state index in [1.165, 1.54) is 16.7 Å². The van der Waals surface area contributed by atoms with E-state index in [0.29, 0.717) is 18.3 Å². The first-order valence-electron chi connectivity index (χ1n) is 10.6. The van der Waals surface area contributed by atoms with Gasteiger partial charge in [-0.05, 0) is 43.0 Å². The summed E-state index contributed by atoms with van der Waals surface area (Å²) >= 11 is 0. The maximum absolute atomic E-state index is 12.9. The Labute approximate surface area is 178 Å². The van der Waals surface area contributed by atoms with Crippen LogP contribution >= 0.6 is 0 Å². The van der Waals surface area contributed by atoms with Crippen LogP contribution in [0.15, 0.2) is 60.8 Å². The van der Waals surface area contributed by atoms with Crippen LogP contribution in [0.25, 0.3) is 0 Å². The van der Waals surface area contributed by atoms with E-state index in [0.717, 1.165) is 32.4 Å². The highest BCUT2D eigenvalue weighted by Gasteiger charge is 2.26. The quantitative estimate of drug-likeness (QED) is 0.609. The molecule has 0 aliphatic carbocycles. The van der Waals surface area contributed by atoms with Crippen LogP contribution in [0, 0.1) is 0 Å². The molecule has 0 spiro atoms. The Balaban J connectivity index is 1.31. The molecular formula is C24H29N5O. The maximum Gasteiger partial charge on any atom is 0.275 e. The first-order valence-corrected chi connectivity index (χ1v) is 10.6. The zero-order chi connectivity index (χ0) is 20.9. The van der Waals surface area contributed by atoms with Crippen molar-refractivity contribution in [1.82, 2.24) is 24.8 Å². The normalized spacial score (nSPS) is 16.3. The fraction of sp³-hybridized carbons (Fsp3) is 0.375. The van der Waals surface area contributed by atoms with Crippen LogP contribution in [0.2, 0.25) is 0 Å². The lowest BCUT2D eigenvalue weighted by molar-refractivity contribution is 0.0727. The Hall–Kier alpha value is -2.99. The van der Waals surface area contributed by atoms with Gasteiger partial charge in [-0.3, -0.25) is 14.4 Å². The highest BCUT2D eigenvalue weighted by atomic mass is 16.2. The molecule has 0 radical (unpaired) electrons. The lowest BCUT2D eigenvalue weighted by atomic mass is 9.94. The van der Waals surface area contributed by atoms with Crippen molar-refractivity contribution in [3.63, 3.8) is 0 Å². The first kappa shape index (κ1) is 20.3. The molecule has 0 N–H and O–H groups in total. The molecule has 0 fully saturated rings. The van der Waals surface area contributed by atoms with Crippen molar-refractivity contribution < 1.29 is 4.79 Å². The monoisotopic (exact) mass is 403 g/mol. The van der Waals surface area contributed by atoms with E-state index in [2.05, 4.69) is 70.8 Å². The minimum Gasteiger partial charge on any atom is -0.339 e. The molecule has 4 rings (SSSR count). The van der Waals surface area contributed by atoms with Crippen LogP contribution in [0.4, 0.5) is 0 Å². The van der Waals surface area contributed by atoms with Crippen molar-refractivity contribution in [1.29, 1.82) is 0 Å². The molecule has 3 aromatic rings. The summed E-state index contributed by atoms with van der Waals surface area (Å²) in [5, 5.41) is 8.27. The van der Waals surface area contributed by atoms with E-state index in [-0.39, 0.29) is 5.91 Å². The molecule has 0 saturated heterocycles. The van der Waals surface area contributed by atoms with Crippen molar-refractivity contribution in [3.8, 4) is 0 Å². The van der Waals surface area contributed by atoms with Gasteiger partial charge >= 0.3 is 0 Å². The molecule has 156 valence electrons. The summed E-state index contributed by atoms with van der Waals surface area (Å²) in [6.07, 6.45) is 4.67. The average molecular weight is 404 g/mol. The molecule has 0 saturated carbocycles. The van der Waals surface area contributed by atoms with Crippen molar-refractivity contribution >= 4 is 5.91 Å². The molecule has 2 heterocycles. The number of aryl methyl sites for hydroxylation is 2. The second-order valence-electron chi connectivity index (χ2n) is 8.18. The molecule has 1 unspecified atom stereocenters. The number of carbonyl (C=O) groups is 1. The Morgan fingerprint density at radius 3 is 2.63 bits per heavy atom. The zero-order valence-corrected chi connectivity index (χ0v) is 17.7. The van der Waals surface area contributed by atoms with Crippen molar-refractivity contribution in [3.05, 3.63) is 83.2 Å². The molecule has 1 atom stereocenters. The van der Waals surface area contributed by atoms with Gasteiger partial charge in [0.05, 0.1) is 6.20 Å². The molecule has 6 nitrogen and oxygen atoms in total. The number of carbonyl (C=O) groups excluding carboxylic acids is 1. The second-order valence-corrected chi connectivity index (χ2v) is 8.18. The summed E-state index contributed by atoms with van der Waals surface area (Å²) in [7, 11) is 3.98. The van der Waals surface area contributed by atoms with Gasteiger partial charge in [-0.2, -0.15) is 0 Å². The largest absolute Gasteiger partial charge is 0.339 e. The van der Waals surface area contributed by atoms with Crippen LogP contribution in [-0.2, 0) is 25.9 Å². The van der Waals surface area contributed by atoms with E-state index in [1.54, 1.807) is 15.8 Å². The molecule has 6 heteroatoms. The lowest BCUT2D eigenvalue weighted by Gasteiger charge is -2.36. The fourth-order valence-corrected chi connectivity index (χ4v) is 4.11. The summed E-state index contributed by atoms with van der Waals surface area (Å²) in [5.74, 6) is -0.0726. The smallest absolute Gasteiger partial charge is 0.275 e. The van der Waals surface area contributed by atoms with Crippen molar-refractivity contribution in [2.45, 2.75) is 38.4 Å². The van der Waals surface area contributed by atoms with Crippen molar-refractivity contribution in [2.24, 2.45) is 0 Å². The van der Waals surface area contributed by atoms with E-state index in [1.807, 2.05) is 13.1 Å². The third-order valence-corrected chi connectivity index (χ3v) is 5.90. The summed E-state index contributed by atoms with van der Waals surface area (Å²) in [5.41, 5.74) is 4.48. The Kier molecular flexibility index (Phi) is 6.23. The summed E-state index contributed by atoms with van der Waals surface area (Å²) in [4.78, 5) is 17.0. The van der Waals surface area contributed by atoms with Crippen LogP contribution in [0.3, 0.4) is 0 Å². The minimum absolute atomic E-state index is 0.0726. The number of hydrogen-bond donors (Lipinski definition) is 0. The highest BCUT2D eigenvalue weighted by molar-refractivity contribution is 5.91. The number of likely N-dealkylation sites (N-methyl/N-ethyl adjacent to an activating group) is 2. The standard InChI is InChI=1S/C24H29N5O/c1-27-16-21-13-7-6-12-20(21)15-22(27)17-28(2)24(30)23-18-29(26-25-23)14-8-11-19-9-4-3-5-10-19/h3-7,9-10,12-13,18,22H,8,11,14-17H2,1-2H3. The van der Waals surface area contributed by atoms with Crippen LogP contribution in [0.5, 0.6) is 0 Å². The highest BCUT2D eigenvalue weighted by Crippen LogP contribution is 2.22. The van der Waals surface area contributed by atoms with Gasteiger partial charge in [-0.15, -0.1) is 5.10 Å². The first-order chi connectivity index (χ1) is 14.6. The van der Waals surface area contributed by atoms with Gasteiger partial charge in [0.1, 0.15) is 0 Å². The van der Waals surface area contributed by atoms with Crippen LogP contribution in [-0.4, -0.2) is 57.4 Å². The number of benzene rings is 2. The van der Waals surface area contributed by atoms with E-state index in [4.69, 9.17) is 0 Å². The van der Waals surface area contributed by atoms with E-state index < -0.39 is 0 Å². The number of rotatable bonds is 7. The number of hydrogen-bond acceptors (Lipinski definition) is 4. The molecule has 1 aliphatic heterocycles. The van der Waals surface area contributed by atoms with Crippen LogP contribution < -0.4 is 0 Å². The van der Waals surface area contributed by atoms with E-state index >= 15 is 0 Å². The second kappa shape index (κ2) is 9.22. The van der Waals surface area contributed by atoms with Crippen molar-refractivity contribution in [2.75, 3.05) is 20.6 Å².